The maximum atomic E-state index is 4.28. The van der Waals surface area contributed by atoms with Crippen LogP contribution in [0.3, 0.4) is 0 Å². The molecule has 0 N–H and O–H groups in total. The van der Waals surface area contributed by atoms with Gasteiger partial charge in [0.2, 0.25) is 0 Å². The van der Waals surface area contributed by atoms with Crippen molar-refractivity contribution in [2.75, 3.05) is 26.2 Å². The second kappa shape index (κ2) is 10.2. The molecule has 1 rings (SSSR count). The summed E-state index contributed by atoms with van der Waals surface area (Å²) in [5.41, 5.74) is 0. The van der Waals surface area contributed by atoms with Gasteiger partial charge in [0.15, 0.2) is 0 Å². The quantitative estimate of drug-likeness (QED) is 0.598. The second-order valence-corrected chi connectivity index (χ2v) is 3.53. The average molecular weight is 220 g/mol. The molecule has 0 radical (unpaired) electrons. The summed E-state index contributed by atoms with van der Waals surface area (Å²) in [6.45, 7) is 3.44. The van der Waals surface area contributed by atoms with Crippen molar-refractivity contribution in [2.45, 2.75) is 25.7 Å². The van der Waals surface area contributed by atoms with Crippen molar-refractivity contribution < 1.29 is 0 Å². The zero-order valence-electron chi connectivity index (χ0n) is 9.76. The second-order valence-electron chi connectivity index (χ2n) is 3.53. The van der Waals surface area contributed by atoms with Crippen LogP contribution in [0.4, 0.5) is 0 Å². The minimum absolute atomic E-state index is 0.840. The zero-order chi connectivity index (χ0) is 11.3. The molecule has 0 amide bonds. The van der Waals surface area contributed by atoms with Gasteiger partial charge in [0.05, 0.1) is 0 Å². The molecule has 4 heteroatoms. The van der Waals surface area contributed by atoms with Gasteiger partial charge in [-0.05, 0) is 12.8 Å². The monoisotopic (exact) mass is 220 g/mol. The van der Waals surface area contributed by atoms with Crippen LogP contribution in [0.1, 0.15) is 25.7 Å². The Morgan fingerprint density at radius 1 is 0.500 bits per heavy atom. The Labute approximate surface area is 97.3 Å². The molecule has 0 aromatic heterocycles. The van der Waals surface area contributed by atoms with Crippen LogP contribution in [0.25, 0.3) is 0 Å². The van der Waals surface area contributed by atoms with E-state index in [9.17, 15) is 0 Å². The third-order valence-corrected chi connectivity index (χ3v) is 2.09. The highest BCUT2D eigenvalue weighted by atomic mass is 14.8. The van der Waals surface area contributed by atoms with Crippen molar-refractivity contribution in [2.24, 2.45) is 20.0 Å². The predicted molar refractivity (Wildman–Crippen MR) is 71.9 cm³/mol. The maximum absolute atomic E-state index is 4.28. The van der Waals surface area contributed by atoms with Crippen molar-refractivity contribution in [3.63, 3.8) is 0 Å². The first-order valence-corrected chi connectivity index (χ1v) is 5.93. The van der Waals surface area contributed by atoms with Crippen LogP contribution in [0.5, 0.6) is 0 Å². The summed E-state index contributed by atoms with van der Waals surface area (Å²) in [6.07, 6.45) is 11.4. The lowest BCUT2D eigenvalue weighted by Gasteiger charge is -1.93. The van der Waals surface area contributed by atoms with E-state index in [1.807, 2.05) is 24.9 Å². The molecule has 0 aromatic carbocycles. The molecule has 16 heavy (non-hydrogen) atoms. The van der Waals surface area contributed by atoms with E-state index < -0.39 is 0 Å². The lowest BCUT2D eigenvalue weighted by atomic mass is 10.4. The molecule has 0 aromatic rings. The van der Waals surface area contributed by atoms with Crippen LogP contribution in [-0.2, 0) is 0 Å². The van der Waals surface area contributed by atoms with Crippen LogP contribution in [0.15, 0.2) is 20.0 Å². The van der Waals surface area contributed by atoms with Gasteiger partial charge < -0.3 is 0 Å². The number of aliphatic imine (C=N–C) groups is 4. The van der Waals surface area contributed by atoms with Crippen LogP contribution in [0, 0.1) is 0 Å². The standard InChI is InChI=1S/C12H20N4/c1-5-13-7-2-9-15-11-4-12-16-10-3-8-14-6-1/h5-6,11-12H,1-4,7-10H2. The summed E-state index contributed by atoms with van der Waals surface area (Å²) in [5.74, 6) is 0. The van der Waals surface area contributed by atoms with Crippen molar-refractivity contribution >= 4 is 24.9 Å². The number of nitrogens with zero attached hydrogens (tertiary/aromatic N) is 4. The van der Waals surface area contributed by atoms with E-state index in [2.05, 4.69) is 20.0 Å². The van der Waals surface area contributed by atoms with Crippen molar-refractivity contribution in [1.82, 2.24) is 0 Å². The Bertz CT molecular complexity index is 214. The minimum Gasteiger partial charge on any atom is -0.297 e. The van der Waals surface area contributed by atoms with Gasteiger partial charge in [-0.1, -0.05) is 0 Å². The van der Waals surface area contributed by atoms with Crippen molar-refractivity contribution in [1.29, 1.82) is 0 Å². The highest BCUT2D eigenvalue weighted by Gasteiger charge is 1.84. The number of rotatable bonds is 0. The van der Waals surface area contributed by atoms with Crippen molar-refractivity contribution in [3.05, 3.63) is 0 Å². The molecule has 0 atom stereocenters. The molecule has 0 bridgehead atoms. The van der Waals surface area contributed by atoms with E-state index in [1.165, 1.54) is 0 Å². The fraction of sp³-hybridized carbons (Fsp3) is 0.667. The summed E-state index contributed by atoms with van der Waals surface area (Å²) < 4.78 is 0. The normalized spacial score (nSPS) is 20.0. The largest absolute Gasteiger partial charge is 0.297 e. The van der Waals surface area contributed by atoms with Gasteiger partial charge >= 0.3 is 0 Å². The molecule has 0 fully saturated rings. The summed E-state index contributed by atoms with van der Waals surface area (Å²) >= 11 is 0. The highest BCUT2D eigenvalue weighted by Crippen LogP contribution is 1.86. The third-order valence-electron chi connectivity index (χ3n) is 2.09. The third kappa shape index (κ3) is 8.03. The minimum atomic E-state index is 0.840. The maximum Gasteiger partial charge on any atom is 0.0403 e. The van der Waals surface area contributed by atoms with Crippen LogP contribution < -0.4 is 0 Å². The molecule has 0 spiro atoms. The van der Waals surface area contributed by atoms with Gasteiger partial charge in [-0.3, -0.25) is 20.0 Å². The van der Waals surface area contributed by atoms with Crippen LogP contribution in [0.2, 0.25) is 0 Å². The first kappa shape index (κ1) is 12.7. The molecule has 0 unspecified atom stereocenters. The van der Waals surface area contributed by atoms with Gasteiger partial charge in [-0.25, -0.2) is 0 Å². The molecule has 1 aliphatic heterocycles. The van der Waals surface area contributed by atoms with Gasteiger partial charge in [0, 0.05) is 63.9 Å². The average Bonchev–Trinajstić information content (AvgIpc) is 2.29. The summed E-state index contributed by atoms with van der Waals surface area (Å²) in [7, 11) is 0. The topological polar surface area (TPSA) is 49.4 Å². The van der Waals surface area contributed by atoms with Gasteiger partial charge in [-0.2, -0.15) is 0 Å². The number of hydrogen-bond acceptors (Lipinski definition) is 4. The highest BCUT2D eigenvalue weighted by molar-refractivity contribution is 5.79. The Hall–Kier alpha value is -1.32. The smallest absolute Gasteiger partial charge is 0.0403 e. The van der Waals surface area contributed by atoms with E-state index in [-0.39, 0.29) is 0 Å². The molecule has 88 valence electrons. The zero-order valence-corrected chi connectivity index (χ0v) is 9.76. The molecule has 0 saturated heterocycles. The fourth-order valence-electron chi connectivity index (χ4n) is 1.26. The molecule has 0 aliphatic carbocycles. The Morgan fingerprint density at radius 2 is 0.812 bits per heavy atom. The van der Waals surface area contributed by atoms with E-state index in [0.717, 1.165) is 51.9 Å². The predicted octanol–water partition coefficient (Wildman–Crippen LogP) is 1.84. The Balaban J connectivity index is 2.29. The molecule has 1 heterocycles. The van der Waals surface area contributed by atoms with Gasteiger partial charge in [0.1, 0.15) is 0 Å². The van der Waals surface area contributed by atoms with Crippen molar-refractivity contribution in [3.8, 4) is 0 Å². The van der Waals surface area contributed by atoms with E-state index in [0.29, 0.717) is 0 Å². The lowest BCUT2D eigenvalue weighted by Crippen LogP contribution is -1.91. The number of hydrogen-bond donors (Lipinski definition) is 0. The van der Waals surface area contributed by atoms with E-state index in [4.69, 9.17) is 0 Å². The first-order valence-electron chi connectivity index (χ1n) is 5.93. The van der Waals surface area contributed by atoms with E-state index >= 15 is 0 Å². The summed E-state index contributed by atoms with van der Waals surface area (Å²) in [5, 5.41) is 0. The van der Waals surface area contributed by atoms with E-state index in [1.54, 1.807) is 0 Å². The van der Waals surface area contributed by atoms with Gasteiger partial charge in [-0.15, -0.1) is 0 Å². The SMILES string of the molecule is C1=NCCCN=CCC=NCCCN=CC1. The Morgan fingerprint density at radius 3 is 1.12 bits per heavy atom. The van der Waals surface area contributed by atoms with Gasteiger partial charge in [0.25, 0.3) is 0 Å². The molecular formula is C12H20N4. The first-order chi connectivity index (χ1) is 8.00. The fourth-order valence-corrected chi connectivity index (χ4v) is 1.26. The van der Waals surface area contributed by atoms with Crippen LogP contribution >= 0.6 is 0 Å². The lowest BCUT2D eigenvalue weighted by molar-refractivity contribution is 0.843. The summed E-state index contributed by atoms with van der Waals surface area (Å²) in [4.78, 5) is 17.1. The summed E-state index contributed by atoms with van der Waals surface area (Å²) in [6, 6.07) is 0. The molecule has 4 nitrogen and oxygen atoms in total. The molecule has 1 aliphatic rings. The molecular weight excluding hydrogens is 200 g/mol. The Kier molecular flexibility index (Phi) is 8.13. The molecule has 0 saturated carbocycles. The van der Waals surface area contributed by atoms with Crippen LogP contribution in [-0.4, -0.2) is 51.0 Å².